The van der Waals surface area contributed by atoms with Crippen molar-refractivity contribution in [1.82, 2.24) is 10.2 Å². The van der Waals surface area contributed by atoms with Crippen LogP contribution in [0.15, 0.2) is 45.2 Å². The van der Waals surface area contributed by atoms with Crippen molar-refractivity contribution in [2.45, 2.75) is 26.0 Å². The number of aryl methyl sites for hydroxylation is 1. The molecule has 3 aromatic rings. The maximum absolute atomic E-state index is 5.84. The molecule has 1 atom stereocenters. The number of fused-ring (bicyclic) bond motifs is 1. The Kier molecular flexibility index (Phi) is 3.82. The van der Waals surface area contributed by atoms with Crippen LogP contribution in [0.5, 0.6) is 11.5 Å². The number of nitrogens with one attached hydrogen (secondary N) is 1. The van der Waals surface area contributed by atoms with E-state index in [2.05, 4.69) is 15.5 Å². The highest BCUT2D eigenvalue weighted by atomic mass is 16.6. The molecule has 2 aromatic heterocycles. The first kappa shape index (κ1) is 14.6. The number of para-hydroxylation sites is 2. The molecule has 1 aliphatic heterocycles. The highest BCUT2D eigenvalue weighted by Gasteiger charge is 2.27. The minimum absolute atomic E-state index is 0.321. The van der Waals surface area contributed by atoms with Crippen LogP contribution in [0.2, 0.25) is 0 Å². The molecule has 0 saturated heterocycles. The summed E-state index contributed by atoms with van der Waals surface area (Å²) in [5.74, 6) is 3.53. The van der Waals surface area contributed by atoms with E-state index < -0.39 is 6.10 Å². The van der Waals surface area contributed by atoms with Gasteiger partial charge in [-0.15, -0.1) is 5.10 Å². The van der Waals surface area contributed by atoms with Crippen LogP contribution in [0.3, 0.4) is 0 Å². The topological polar surface area (TPSA) is 82.6 Å². The van der Waals surface area contributed by atoms with E-state index in [1.54, 1.807) is 0 Å². The minimum Gasteiger partial charge on any atom is -0.485 e. The van der Waals surface area contributed by atoms with Crippen molar-refractivity contribution in [1.29, 1.82) is 0 Å². The van der Waals surface area contributed by atoms with Crippen LogP contribution in [-0.2, 0) is 13.0 Å². The zero-order valence-corrected chi connectivity index (χ0v) is 13.2. The van der Waals surface area contributed by atoms with Crippen molar-refractivity contribution < 1.29 is 18.3 Å². The first-order chi connectivity index (χ1) is 11.8. The number of furan rings is 1. The lowest BCUT2D eigenvalue weighted by Crippen LogP contribution is -2.21. The molecule has 0 fully saturated rings. The van der Waals surface area contributed by atoms with Crippen LogP contribution in [0, 0.1) is 0 Å². The number of hydrogen-bond acceptors (Lipinski definition) is 7. The third-order valence-electron chi connectivity index (χ3n) is 3.70. The molecule has 0 saturated carbocycles. The second-order valence-corrected chi connectivity index (χ2v) is 5.38. The van der Waals surface area contributed by atoms with Crippen LogP contribution in [0.25, 0.3) is 0 Å². The van der Waals surface area contributed by atoms with Gasteiger partial charge in [-0.05, 0) is 24.3 Å². The van der Waals surface area contributed by atoms with Gasteiger partial charge in [0.15, 0.2) is 11.5 Å². The monoisotopic (exact) mass is 327 g/mol. The maximum atomic E-state index is 5.84. The molecule has 0 bridgehead atoms. The van der Waals surface area contributed by atoms with Gasteiger partial charge in [-0.3, -0.25) is 0 Å². The van der Waals surface area contributed by atoms with Crippen LogP contribution >= 0.6 is 0 Å². The molecular weight excluding hydrogens is 310 g/mol. The highest BCUT2D eigenvalue weighted by molar-refractivity contribution is 5.41. The molecule has 7 heteroatoms. The molecule has 1 N–H and O–H groups in total. The summed E-state index contributed by atoms with van der Waals surface area (Å²) in [5, 5.41) is 11.1. The first-order valence-electron chi connectivity index (χ1n) is 7.85. The Morgan fingerprint density at radius 3 is 2.71 bits per heavy atom. The molecule has 3 heterocycles. The van der Waals surface area contributed by atoms with Crippen LogP contribution in [0.1, 0.15) is 30.4 Å². The molecule has 124 valence electrons. The highest BCUT2D eigenvalue weighted by Crippen LogP contribution is 2.35. The Morgan fingerprint density at radius 1 is 1.04 bits per heavy atom. The minimum atomic E-state index is -0.418. The zero-order valence-electron chi connectivity index (χ0n) is 13.2. The van der Waals surface area contributed by atoms with Crippen molar-refractivity contribution in [2.24, 2.45) is 0 Å². The third-order valence-corrected chi connectivity index (χ3v) is 3.70. The third kappa shape index (κ3) is 2.92. The second-order valence-electron chi connectivity index (χ2n) is 5.38. The van der Waals surface area contributed by atoms with Gasteiger partial charge in [-0.25, -0.2) is 0 Å². The predicted molar refractivity (Wildman–Crippen MR) is 85.0 cm³/mol. The number of aromatic nitrogens is 2. The van der Waals surface area contributed by atoms with Gasteiger partial charge in [0.1, 0.15) is 18.1 Å². The van der Waals surface area contributed by atoms with Gasteiger partial charge in [0, 0.05) is 6.42 Å². The lowest BCUT2D eigenvalue weighted by molar-refractivity contribution is 0.0717. The lowest BCUT2D eigenvalue weighted by Gasteiger charge is -2.23. The van der Waals surface area contributed by atoms with Crippen molar-refractivity contribution in [3.05, 3.63) is 53.8 Å². The largest absolute Gasteiger partial charge is 0.485 e. The van der Waals surface area contributed by atoms with E-state index in [9.17, 15) is 0 Å². The smallest absolute Gasteiger partial charge is 0.315 e. The number of benzene rings is 1. The Balaban J connectivity index is 1.40. The number of anilines is 1. The van der Waals surface area contributed by atoms with Crippen molar-refractivity contribution in [3.8, 4) is 11.5 Å². The fraction of sp³-hybridized carbons (Fsp3) is 0.294. The molecule has 0 spiro atoms. The summed E-state index contributed by atoms with van der Waals surface area (Å²) in [6.45, 7) is 2.86. The van der Waals surface area contributed by atoms with E-state index in [0.717, 1.165) is 23.7 Å². The Bertz CT molecular complexity index is 827. The van der Waals surface area contributed by atoms with Crippen LogP contribution in [-0.4, -0.2) is 16.8 Å². The van der Waals surface area contributed by atoms with E-state index in [0.29, 0.717) is 30.8 Å². The van der Waals surface area contributed by atoms with Gasteiger partial charge in [-0.2, -0.15) is 0 Å². The maximum Gasteiger partial charge on any atom is 0.315 e. The van der Waals surface area contributed by atoms with E-state index in [1.807, 2.05) is 43.3 Å². The fourth-order valence-electron chi connectivity index (χ4n) is 2.45. The Hall–Kier alpha value is -2.96. The molecule has 24 heavy (non-hydrogen) atoms. The van der Waals surface area contributed by atoms with E-state index in [4.69, 9.17) is 18.3 Å². The van der Waals surface area contributed by atoms with Gasteiger partial charge < -0.3 is 23.6 Å². The predicted octanol–water partition coefficient (Wildman–Crippen LogP) is 3.35. The van der Waals surface area contributed by atoms with Crippen molar-refractivity contribution in [3.63, 3.8) is 0 Å². The average Bonchev–Trinajstić information content (AvgIpc) is 3.28. The summed E-state index contributed by atoms with van der Waals surface area (Å²) in [4.78, 5) is 0. The first-order valence-corrected chi connectivity index (χ1v) is 7.85. The zero-order chi connectivity index (χ0) is 16.4. The van der Waals surface area contributed by atoms with Crippen molar-refractivity contribution in [2.75, 3.05) is 11.9 Å². The molecule has 1 aliphatic rings. The quantitative estimate of drug-likeness (QED) is 0.769. The molecule has 1 aromatic carbocycles. The molecule has 0 aliphatic carbocycles. The standard InChI is InChI=1S/C17H17N3O4/c1-2-11-7-8-12(22-11)9-18-17-20-19-16(24-17)15-10-21-13-5-3-4-6-14(13)23-15/h3-8,15H,2,9-10H2,1H3,(H,18,20)/t15-/m1/s1. The van der Waals surface area contributed by atoms with Crippen LogP contribution < -0.4 is 14.8 Å². The van der Waals surface area contributed by atoms with E-state index in [1.165, 1.54) is 0 Å². The van der Waals surface area contributed by atoms with Crippen molar-refractivity contribution >= 4 is 6.01 Å². The van der Waals surface area contributed by atoms with Gasteiger partial charge in [0.2, 0.25) is 6.10 Å². The van der Waals surface area contributed by atoms with Gasteiger partial charge in [0.25, 0.3) is 5.89 Å². The SMILES string of the molecule is CCc1ccc(CNc2nnc([C@H]3COc4ccccc4O3)o2)o1. The Morgan fingerprint density at radius 2 is 1.88 bits per heavy atom. The molecule has 0 radical (unpaired) electrons. The number of nitrogens with zero attached hydrogens (tertiary/aromatic N) is 2. The number of hydrogen-bond donors (Lipinski definition) is 1. The molecule has 0 unspecified atom stereocenters. The number of rotatable bonds is 5. The summed E-state index contributed by atoms with van der Waals surface area (Å²) >= 11 is 0. The van der Waals surface area contributed by atoms with Gasteiger partial charge >= 0.3 is 6.01 Å². The molecule has 4 rings (SSSR count). The van der Waals surface area contributed by atoms with Gasteiger partial charge in [-0.1, -0.05) is 24.2 Å². The van der Waals surface area contributed by atoms with E-state index in [-0.39, 0.29) is 0 Å². The number of ether oxygens (including phenoxy) is 2. The molecule has 0 amide bonds. The summed E-state index contributed by atoms with van der Waals surface area (Å²) < 4.78 is 22.7. The van der Waals surface area contributed by atoms with Gasteiger partial charge in [0.05, 0.1) is 6.54 Å². The van der Waals surface area contributed by atoms with Crippen LogP contribution in [0.4, 0.5) is 6.01 Å². The van der Waals surface area contributed by atoms with E-state index >= 15 is 0 Å². The summed E-state index contributed by atoms with van der Waals surface area (Å²) in [6, 6.07) is 11.7. The lowest BCUT2D eigenvalue weighted by atomic mass is 10.2. The fourth-order valence-corrected chi connectivity index (χ4v) is 2.45. The summed E-state index contributed by atoms with van der Waals surface area (Å²) in [5.41, 5.74) is 0. The Labute approximate surface area is 138 Å². The molecular formula is C17H17N3O4. The average molecular weight is 327 g/mol. The summed E-state index contributed by atoms with van der Waals surface area (Å²) in [6.07, 6.45) is 0.448. The normalized spacial score (nSPS) is 16.1. The molecule has 7 nitrogen and oxygen atoms in total. The second kappa shape index (κ2) is 6.27. The summed E-state index contributed by atoms with van der Waals surface area (Å²) in [7, 11) is 0.